The van der Waals surface area contributed by atoms with Crippen LogP contribution in [-0.4, -0.2) is 35.9 Å². The molecule has 19 heavy (non-hydrogen) atoms. The Kier molecular flexibility index (Phi) is 5.64. The molecular weight excluding hydrogens is 242 g/mol. The van der Waals surface area contributed by atoms with E-state index in [1.165, 1.54) is 38.5 Å². The van der Waals surface area contributed by atoms with Crippen molar-refractivity contribution in [2.24, 2.45) is 5.92 Å². The summed E-state index contributed by atoms with van der Waals surface area (Å²) in [6.45, 7) is 3.06. The number of carboxylic acid groups (broad SMARTS) is 1. The summed E-state index contributed by atoms with van der Waals surface area (Å²) in [4.78, 5) is 10.8. The number of ether oxygens (including phenoxy) is 1. The van der Waals surface area contributed by atoms with Crippen LogP contribution < -0.4 is 5.32 Å². The average Bonchev–Trinajstić information content (AvgIpc) is 2.70. The highest BCUT2D eigenvalue weighted by Gasteiger charge is 2.30. The minimum Gasteiger partial charge on any atom is -0.479 e. The van der Waals surface area contributed by atoms with E-state index in [-0.39, 0.29) is 6.10 Å². The van der Waals surface area contributed by atoms with Gasteiger partial charge in [0.2, 0.25) is 0 Å². The van der Waals surface area contributed by atoms with E-state index in [9.17, 15) is 4.79 Å². The van der Waals surface area contributed by atoms with E-state index in [0.717, 1.165) is 18.9 Å². The summed E-state index contributed by atoms with van der Waals surface area (Å²) < 4.78 is 5.52. The van der Waals surface area contributed by atoms with Crippen molar-refractivity contribution in [1.29, 1.82) is 0 Å². The Labute approximate surface area is 115 Å². The van der Waals surface area contributed by atoms with Gasteiger partial charge in [-0.25, -0.2) is 4.79 Å². The monoisotopic (exact) mass is 269 g/mol. The molecule has 2 rings (SSSR count). The van der Waals surface area contributed by atoms with Crippen LogP contribution in [0.1, 0.15) is 58.3 Å². The first-order chi connectivity index (χ1) is 9.16. The summed E-state index contributed by atoms with van der Waals surface area (Å²) in [5, 5.41) is 12.5. The van der Waals surface area contributed by atoms with Crippen LogP contribution in [0.25, 0.3) is 0 Å². The van der Waals surface area contributed by atoms with Gasteiger partial charge in [-0.1, -0.05) is 25.7 Å². The van der Waals surface area contributed by atoms with Gasteiger partial charge in [-0.3, -0.25) is 0 Å². The molecule has 0 aromatic carbocycles. The molecule has 1 saturated heterocycles. The van der Waals surface area contributed by atoms with E-state index < -0.39 is 12.1 Å². The summed E-state index contributed by atoms with van der Waals surface area (Å²) in [6.07, 6.45) is 9.16. The molecule has 1 heterocycles. The summed E-state index contributed by atoms with van der Waals surface area (Å²) >= 11 is 0. The van der Waals surface area contributed by atoms with Crippen molar-refractivity contribution in [3.63, 3.8) is 0 Å². The van der Waals surface area contributed by atoms with E-state index in [1.54, 1.807) is 0 Å². The molecule has 3 atom stereocenters. The van der Waals surface area contributed by atoms with Crippen molar-refractivity contribution in [3.8, 4) is 0 Å². The Bertz CT molecular complexity index is 287. The molecule has 0 bridgehead atoms. The fourth-order valence-electron chi connectivity index (χ4n) is 3.33. The second kappa shape index (κ2) is 7.25. The lowest BCUT2D eigenvalue weighted by Crippen LogP contribution is -2.38. The molecule has 1 aliphatic carbocycles. The first kappa shape index (κ1) is 14.8. The Hall–Kier alpha value is -0.610. The van der Waals surface area contributed by atoms with Crippen LogP contribution in [0, 0.1) is 5.92 Å². The van der Waals surface area contributed by atoms with Gasteiger partial charge in [0, 0.05) is 12.6 Å². The number of carboxylic acids is 1. The molecule has 0 amide bonds. The summed E-state index contributed by atoms with van der Waals surface area (Å²) in [7, 11) is 0. The molecule has 0 radical (unpaired) electrons. The van der Waals surface area contributed by atoms with Crippen LogP contribution in [-0.2, 0) is 9.53 Å². The summed E-state index contributed by atoms with van der Waals surface area (Å²) in [6, 6.07) is 0.519. The number of hydrogen-bond donors (Lipinski definition) is 2. The van der Waals surface area contributed by atoms with E-state index in [4.69, 9.17) is 9.84 Å². The molecule has 1 saturated carbocycles. The third-order valence-corrected chi connectivity index (χ3v) is 4.66. The maximum absolute atomic E-state index is 10.8. The maximum Gasteiger partial charge on any atom is 0.332 e. The number of hydrogen-bond acceptors (Lipinski definition) is 3. The van der Waals surface area contributed by atoms with Crippen molar-refractivity contribution >= 4 is 5.97 Å². The van der Waals surface area contributed by atoms with Crippen LogP contribution in [0.2, 0.25) is 0 Å². The Balaban J connectivity index is 1.68. The second-order valence-corrected chi connectivity index (χ2v) is 6.11. The predicted molar refractivity (Wildman–Crippen MR) is 74.2 cm³/mol. The van der Waals surface area contributed by atoms with E-state index in [2.05, 4.69) is 12.2 Å². The minimum absolute atomic E-state index is 0.0781. The Morgan fingerprint density at radius 3 is 2.47 bits per heavy atom. The minimum atomic E-state index is -0.820. The number of nitrogens with one attached hydrogen (secondary N) is 1. The van der Waals surface area contributed by atoms with Gasteiger partial charge in [0.25, 0.3) is 0 Å². The topological polar surface area (TPSA) is 58.6 Å². The standard InChI is InChI=1S/C15H27NO3/c1-11(12-6-4-2-3-5-7-12)16-10-13-8-9-14(19-13)15(17)18/h11-14,16H,2-10H2,1H3,(H,17,18)/t11-,13?,14?/m0/s1. The molecule has 0 aromatic rings. The first-order valence-electron chi connectivity index (χ1n) is 7.78. The molecule has 4 nitrogen and oxygen atoms in total. The summed E-state index contributed by atoms with van der Waals surface area (Å²) in [5.41, 5.74) is 0. The van der Waals surface area contributed by atoms with Crippen molar-refractivity contribution < 1.29 is 14.6 Å². The predicted octanol–water partition coefficient (Wildman–Crippen LogP) is 2.57. The molecule has 1 aliphatic heterocycles. The maximum atomic E-state index is 10.8. The summed E-state index contributed by atoms with van der Waals surface area (Å²) in [5.74, 6) is -0.0431. The number of carbonyl (C=O) groups is 1. The molecule has 2 aliphatic rings. The zero-order valence-electron chi connectivity index (χ0n) is 11.9. The van der Waals surface area contributed by atoms with Crippen LogP contribution in [0.3, 0.4) is 0 Å². The van der Waals surface area contributed by atoms with Crippen LogP contribution in [0.4, 0.5) is 0 Å². The van der Waals surface area contributed by atoms with Gasteiger partial charge in [-0.05, 0) is 38.5 Å². The fourth-order valence-corrected chi connectivity index (χ4v) is 3.33. The van der Waals surface area contributed by atoms with Crippen molar-refractivity contribution in [2.45, 2.75) is 76.5 Å². The largest absolute Gasteiger partial charge is 0.479 e. The van der Waals surface area contributed by atoms with Crippen LogP contribution in [0.5, 0.6) is 0 Å². The third kappa shape index (κ3) is 4.46. The molecule has 2 N–H and O–H groups in total. The lowest BCUT2D eigenvalue weighted by Gasteiger charge is -2.25. The van der Waals surface area contributed by atoms with E-state index in [0.29, 0.717) is 12.5 Å². The molecule has 4 heteroatoms. The van der Waals surface area contributed by atoms with Crippen molar-refractivity contribution in [2.75, 3.05) is 6.54 Å². The molecule has 2 fully saturated rings. The first-order valence-corrected chi connectivity index (χ1v) is 7.78. The number of aliphatic carboxylic acids is 1. The molecule has 110 valence electrons. The Morgan fingerprint density at radius 2 is 1.89 bits per heavy atom. The van der Waals surface area contributed by atoms with Gasteiger partial charge in [0.1, 0.15) is 0 Å². The van der Waals surface area contributed by atoms with Gasteiger partial charge in [-0.15, -0.1) is 0 Å². The van der Waals surface area contributed by atoms with E-state index in [1.807, 2.05) is 0 Å². The molecule has 0 spiro atoms. The van der Waals surface area contributed by atoms with E-state index >= 15 is 0 Å². The second-order valence-electron chi connectivity index (χ2n) is 6.11. The molecular formula is C15H27NO3. The highest BCUT2D eigenvalue weighted by atomic mass is 16.5. The average molecular weight is 269 g/mol. The van der Waals surface area contributed by atoms with Crippen molar-refractivity contribution in [3.05, 3.63) is 0 Å². The van der Waals surface area contributed by atoms with Gasteiger partial charge < -0.3 is 15.2 Å². The zero-order chi connectivity index (χ0) is 13.7. The highest BCUT2D eigenvalue weighted by molar-refractivity contribution is 5.72. The highest BCUT2D eigenvalue weighted by Crippen LogP contribution is 2.26. The molecule has 2 unspecified atom stereocenters. The van der Waals surface area contributed by atoms with Crippen LogP contribution >= 0.6 is 0 Å². The van der Waals surface area contributed by atoms with Crippen LogP contribution in [0.15, 0.2) is 0 Å². The lowest BCUT2D eigenvalue weighted by molar-refractivity contribution is -0.149. The fraction of sp³-hybridized carbons (Fsp3) is 0.933. The lowest BCUT2D eigenvalue weighted by atomic mass is 9.93. The Morgan fingerprint density at radius 1 is 1.21 bits per heavy atom. The van der Waals surface area contributed by atoms with Crippen molar-refractivity contribution in [1.82, 2.24) is 5.32 Å². The van der Waals surface area contributed by atoms with Gasteiger partial charge >= 0.3 is 5.97 Å². The van der Waals surface area contributed by atoms with Gasteiger partial charge in [-0.2, -0.15) is 0 Å². The normalized spacial score (nSPS) is 31.0. The zero-order valence-corrected chi connectivity index (χ0v) is 11.9. The smallest absolute Gasteiger partial charge is 0.332 e. The number of rotatable bonds is 5. The molecule has 0 aromatic heterocycles. The SMILES string of the molecule is C[C@H](NCC1CCC(C(=O)O)O1)C1CCCCCC1. The third-order valence-electron chi connectivity index (χ3n) is 4.66. The quantitative estimate of drug-likeness (QED) is 0.753. The van der Waals surface area contributed by atoms with Gasteiger partial charge in [0.05, 0.1) is 6.10 Å². The van der Waals surface area contributed by atoms with Gasteiger partial charge in [0.15, 0.2) is 6.10 Å².